The average molecular weight is 324 g/mol. The smallest absolute Gasteiger partial charge is 0.324 e. The summed E-state index contributed by atoms with van der Waals surface area (Å²) in [6, 6.07) is 10.0. The van der Waals surface area contributed by atoms with Crippen molar-refractivity contribution in [3.63, 3.8) is 0 Å². The predicted molar refractivity (Wildman–Crippen MR) is 81.7 cm³/mol. The number of hydrogen-bond acceptors (Lipinski definition) is 2. The van der Waals surface area contributed by atoms with Gasteiger partial charge < -0.3 is 19.6 Å². The Bertz CT molecular complexity index is 426. The minimum atomic E-state index is -3.65. The molecule has 0 atom stereocenters. The van der Waals surface area contributed by atoms with Gasteiger partial charge in [-0.15, -0.1) is 0 Å². The minimum Gasteiger partial charge on any atom is -0.324 e. The molecule has 20 heavy (non-hydrogen) atoms. The zero-order valence-corrected chi connectivity index (χ0v) is 13.4. The van der Waals surface area contributed by atoms with Gasteiger partial charge in [0, 0.05) is 12.3 Å². The fourth-order valence-corrected chi connectivity index (χ4v) is 0.589. The van der Waals surface area contributed by atoms with Gasteiger partial charge >= 0.3 is 15.2 Å². The van der Waals surface area contributed by atoms with Crippen LogP contribution in [0.1, 0.15) is 19.4 Å². The Kier molecular flexibility index (Phi) is 11.8. The third-order valence-corrected chi connectivity index (χ3v) is 3.51. The van der Waals surface area contributed by atoms with Gasteiger partial charge in [0.1, 0.15) is 0 Å². The van der Waals surface area contributed by atoms with E-state index >= 15 is 0 Å². The van der Waals surface area contributed by atoms with Crippen LogP contribution < -0.4 is 0 Å². The van der Waals surface area contributed by atoms with Crippen LogP contribution in [0.3, 0.4) is 0 Å². The summed E-state index contributed by atoms with van der Waals surface area (Å²) in [6.45, 7) is 6.52. The van der Waals surface area contributed by atoms with Gasteiger partial charge in [0.05, 0.1) is 0 Å². The molecule has 0 fully saturated rings. The molecule has 0 amide bonds. The van der Waals surface area contributed by atoms with Crippen molar-refractivity contribution in [2.24, 2.45) is 0 Å². The Balaban J connectivity index is 0. The summed E-state index contributed by atoms with van der Waals surface area (Å²) >= 11 is 0. The normalized spacial score (nSPS) is 10.5. The number of rotatable bonds is 3. The van der Waals surface area contributed by atoms with Gasteiger partial charge in [0.25, 0.3) is 0 Å². The molecule has 0 bridgehead atoms. The fourth-order valence-electron chi connectivity index (χ4n) is 0.589. The van der Waals surface area contributed by atoms with E-state index in [4.69, 9.17) is 19.6 Å². The van der Waals surface area contributed by atoms with Crippen LogP contribution in [0.5, 0.6) is 0 Å². The van der Waals surface area contributed by atoms with Crippen LogP contribution in [0.25, 0.3) is 6.08 Å². The molecule has 0 saturated heterocycles. The SMILES string of the molecule is C=Cc1ccccc1.CCP(=O)(O)O.CCP(=O)(O)O. The lowest BCUT2D eigenvalue weighted by molar-refractivity contribution is 0.372. The van der Waals surface area contributed by atoms with Crippen LogP contribution in [-0.2, 0) is 9.13 Å². The summed E-state index contributed by atoms with van der Waals surface area (Å²) in [5.41, 5.74) is 1.17. The Labute approximate surface area is 119 Å². The Morgan fingerprint density at radius 3 is 1.40 bits per heavy atom. The molecule has 0 saturated carbocycles. The highest BCUT2D eigenvalue weighted by atomic mass is 31.2. The zero-order valence-electron chi connectivity index (χ0n) is 11.6. The third-order valence-electron chi connectivity index (χ3n) is 1.86. The van der Waals surface area contributed by atoms with E-state index in [1.54, 1.807) is 0 Å². The van der Waals surface area contributed by atoms with Crippen molar-refractivity contribution in [3.05, 3.63) is 42.5 Å². The maximum atomic E-state index is 9.69. The molecule has 0 heterocycles. The number of hydrogen-bond donors (Lipinski definition) is 4. The van der Waals surface area contributed by atoms with E-state index in [0.29, 0.717) is 0 Å². The summed E-state index contributed by atoms with van der Waals surface area (Å²) in [5, 5.41) is 0. The Morgan fingerprint density at radius 1 is 0.950 bits per heavy atom. The van der Waals surface area contributed by atoms with Gasteiger partial charge in [-0.05, 0) is 5.56 Å². The van der Waals surface area contributed by atoms with Crippen LogP contribution in [-0.4, -0.2) is 31.9 Å². The first-order valence-corrected chi connectivity index (χ1v) is 9.41. The largest absolute Gasteiger partial charge is 0.325 e. The van der Waals surface area contributed by atoms with E-state index in [1.807, 2.05) is 36.4 Å². The summed E-state index contributed by atoms with van der Waals surface area (Å²) < 4.78 is 19.4. The molecule has 1 aromatic carbocycles. The highest BCUT2D eigenvalue weighted by molar-refractivity contribution is 7.51. The first-order chi connectivity index (χ1) is 9.05. The van der Waals surface area contributed by atoms with Crippen LogP contribution in [0.2, 0.25) is 0 Å². The number of benzene rings is 1. The first kappa shape index (κ1) is 21.6. The quantitative estimate of drug-likeness (QED) is 0.635. The maximum Gasteiger partial charge on any atom is 0.325 e. The molecule has 4 N–H and O–H groups in total. The van der Waals surface area contributed by atoms with Crippen LogP contribution in [0.15, 0.2) is 36.9 Å². The van der Waals surface area contributed by atoms with Crippen molar-refractivity contribution in [2.75, 3.05) is 12.3 Å². The third kappa shape index (κ3) is 19.6. The van der Waals surface area contributed by atoms with Gasteiger partial charge in [0.15, 0.2) is 0 Å². The maximum absolute atomic E-state index is 9.69. The van der Waals surface area contributed by atoms with Crippen molar-refractivity contribution < 1.29 is 28.7 Å². The molecule has 0 unspecified atom stereocenters. The second kappa shape index (κ2) is 11.0. The molecule has 1 aromatic rings. The molecule has 6 nitrogen and oxygen atoms in total. The standard InChI is InChI=1S/C8H8.2C2H7O3P/c1-2-8-6-4-3-5-7-8;2*1-2-6(3,4)5/h2-7H,1H2;2*2H2,1H3,(H2,3,4,5). The molecule has 0 aromatic heterocycles. The van der Waals surface area contributed by atoms with Crippen molar-refractivity contribution in [1.29, 1.82) is 0 Å². The Morgan fingerprint density at radius 2 is 1.25 bits per heavy atom. The highest BCUT2D eigenvalue weighted by Gasteiger charge is 2.05. The Hall–Kier alpha value is -0.740. The zero-order chi connectivity index (χ0) is 16.2. The highest BCUT2D eigenvalue weighted by Crippen LogP contribution is 2.32. The first-order valence-electron chi connectivity index (χ1n) is 5.82. The van der Waals surface area contributed by atoms with Crippen molar-refractivity contribution in [1.82, 2.24) is 0 Å². The molecule has 0 radical (unpaired) electrons. The molecule has 1 rings (SSSR count). The molecule has 116 valence electrons. The fraction of sp³-hybridized carbons (Fsp3) is 0.333. The molecule has 0 aliphatic carbocycles. The van der Waals surface area contributed by atoms with E-state index in [9.17, 15) is 9.13 Å². The van der Waals surface area contributed by atoms with Gasteiger partial charge in [-0.25, -0.2) is 0 Å². The molecular weight excluding hydrogens is 302 g/mol. The second-order valence-corrected chi connectivity index (χ2v) is 7.50. The van der Waals surface area contributed by atoms with E-state index < -0.39 is 15.2 Å². The van der Waals surface area contributed by atoms with Crippen LogP contribution in [0.4, 0.5) is 0 Å². The van der Waals surface area contributed by atoms with Gasteiger partial charge in [-0.3, -0.25) is 9.13 Å². The molecule has 0 spiro atoms. The van der Waals surface area contributed by atoms with Gasteiger partial charge in [0.2, 0.25) is 0 Å². The minimum absolute atomic E-state index is 0.0625. The summed E-state index contributed by atoms with van der Waals surface area (Å²) in [6.07, 6.45) is 1.71. The summed E-state index contributed by atoms with van der Waals surface area (Å²) in [7, 11) is -7.29. The van der Waals surface area contributed by atoms with Crippen molar-refractivity contribution >= 4 is 21.3 Å². The second-order valence-electron chi connectivity index (χ2n) is 3.58. The molecule has 0 aliphatic heterocycles. The van der Waals surface area contributed by atoms with E-state index in [2.05, 4.69) is 6.58 Å². The molecular formula is C12H22O6P2. The molecule has 0 aliphatic rings. The average Bonchev–Trinajstić information content (AvgIpc) is 2.39. The topological polar surface area (TPSA) is 115 Å². The monoisotopic (exact) mass is 324 g/mol. The van der Waals surface area contributed by atoms with Crippen molar-refractivity contribution in [2.45, 2.75) is 13.8 Å². The summed E-state index contributed by atoms with van der Waals surface area (Å²) in [5.74, 6) is 0. The lowest BCUT2D eigenvalue weighted by atomic mass is 10.2. The lowest BCUT2D eigenvalue weighted by Gasteiger charge is -1.92. The van der Waals surface area contributed by atoms with Gasteiger partial charge in [-0.2, -0.15) is 0 Å². The summed E-state index contributed by atoms with van der Waals surface area (Å²) in [4.78, 5) is 31.8. The van der Waals surface area contributed by atoms with Crippen molar-refractivity contribution in [3.8, 4) is 0 Å². The van der Waals surface area contributed by atoms with Crippen LogP contribution >= 0.6 is 15.2 Å². The van der Waals surface area contributed by atoms with E-state index in [-0.39, 0.29) is 12.3 Å². The van der Waals surface area contributed by atoms with E-state index in [0.717, 1.165) is 0 Å². The van der Waals surface area contributed by atoms with E-state index in [1.165, 1.54) is 19.4 Å². The predicted octanol–water partition coefficient (Wildman–Crippen LogP) is 2.70. The lowest BCUT2D eigenvalue weighted by Crippen LogP contribution is -1.76. The van der Waals surface area contributed by atoms with Crippen LogP contribution in [0, 0.1) is 0 Å². The molecule has 8 heteroatoms. The van der Waals surface area contributed by atoms with Gasteiger partial charge in [-0.1, -0.05) is 56.8 Å².